The predicted octanol–water partition coefficient (Wildman–Crippen LogP) is 3.29. The van der Waals surface area contributed by atoms with Gasteiger partial charge in [0, 0.05) is 42.2 Å². The number of hydrogen-bond donors (Lipinski definition) is 1. The fourth-order valence-corrected chi connectivity index (χ4v) is 3.25. The molecule has 0 unspecified atom stereocenters. The molecule has 2 N–H and O–H groups in total. The predicted molar refractivity (Wildman–Crippen MR) is 102 cm³/mol. The lowest BCUT2D eigenvalue weighted by molar-refractivity contribution is -0.116. The maximum Gasteiger partial charge on any atom is 0.265 e. The van der Waals surface area contributed by atoms with Gasteiger partial charge in [0.1, 0.15) is 11.5 Å². The lowest BCUT2D eigenvalue weighted by Crippen LogP contribution is -2.16. The summed E-state index contributed by atoms with van der Waals surface area (Å²) in [5, 5.41) is 0. The third kappa shape index (κ3) is 3.28. The monoisotopic (exact) mass is 347 g/mol. The number of rotatable bonds is 5. The maximum atomic E-state index is 12.1. The summed E-state index contributed by atoms with van der Waals surface area (Å²) in [5.41, 5.74) is 11.4. The van der Waals surface area contributed by atoms with Gasteiger partial charge in [-0.2, -0.15) is 0 Å². The second-order valence-corrected chi connectivity index (χ2v) is 6.44. The number of ketones is 1. The van der Waals surface area contributed by atoms with E-state index in [9.17, 15) is 9.59 Å². The minimum absolute atomic E-state index is 0.0555. The van der Waals surface area contributed by atoms with E-state index in [2.05, 4.69) is 4.98 Å². The Hall–Kier alpha value is -3.21. The zero-order valence-electron chi connectivity index (χ0n) is 15.1. The van der Waals surface area contributed by atoms with E-state index < -0.39 is 5.91 Å². The van der Waals surface area contributed by atoms with Crippen LogP contribution in [-0.2, 0) is 18.3 Å². The van der Waals surface area contributed by atoms with Crippen molar-refractivity contribution in [1.29, 1.82) is 0 Å². The Morgan fingerprint density at radius 2 is 1.85 bits per heavy atom. The van der Waals surface area contributed by atoms with Crippen molar-refractivity contribution >= 4 is 11.7 Å². The molecule has 0 spiro atoms. The first-order chi connectivity index (χ1) is 12.4. The third-order valence-electron chi connectivity index (χ3n) is 4.44. The molecule has 2 aromatic heterocycles. The average molecular weight is 347 g/mol. The molecule has 5 nitrogen and oxygen atoms in total. The van der Waals surface area contributed by atoms with Crippen LogP contribution in [0.15, 0.2) is 48.7 Å². The van der Waals surface area contributed by atoms with Gasteiger partial charge in [0.15, 0.2) is 0 Å². The van der Waals surface area contributed by atoms with E-state index in [0.717, 1.165) is 27.9 Å². The third-order valence-corrected chi connectivity index (χ3v) is 4.44. The zero-order chi connectivity index (χ0) is 18.8. The summed E-state index contributed by atoms with van der Waals surface area (Å²) >= 11 is 0. The first kappa shape index (κ1) is 17.6. The van der Waals surface area contributed by atoms with Gasteiger partial charge in [-0.25, -0.2) is 0 Å². The van der Waals surface area contributed by atoms with Crippen LogP contribution in [-0.4, -0.2) is 21.2 Å². The molecule has 3 rings (SSSR count). The van der Waals surface area contributed by atoms with Crippen LogP contribution < -0.4 is 5.73 Å². The molecule has 5 heteroatoms. The molecule has 0 radical (unpaired) electrons. The van der Waals surface area contributed by atoms with Gasteiger partial charge in [-0.1, -0.05) is 24.3 Å². The summed E-state index contributed by atoms with van der Waals surface area (Å²) in [6.07, 6.45) is 1.96. The Morgan fingerprint density at radius 3 is 2.50 bits per heavy atom. The normalized spacial score (nSPS) is 10.7. The van der Waals surface area contributed by atoms with E-state index in [1.54, 1.807) is 17.7 Å². The number of benzene rings is 1. The molecule has 2 heterocycles. The molecule has 0 atom stereocenters. The number of carbonyl (C=O) groups excluding carboxylic acids is 2. The Balaban J connectivity index is 2.19. The minimum Gasteiger partial charge on any atom is -0.364 e. The molecule has 0 aliphatic rings. The standard InChI is InChI=1S/C21H21N3O2/c1-13-6-4-5-7-17(13)18-12-19(24(3)20(18)21(22)26)15-8-9-23-16(11-15)10-14(2)25/h4-9,11-12H,10H2,1-3H3,(H2,22,26). The Labute approximate surface area is 152 Å². The summed E-state index contributed by atoms with van der Waals surface area (Å²) in [4.78, 5) is 27.8. The molecule has 0 saturated carbocycles. The smallest absolute Gasteiger partial charge is 0.265 e. The maximum absolute atomic E-state index is 12.1. The van der Waals surface area contributed by atoms with Gasteiger partial charge in [-0.3, -0.25) is 14.6 Å². The first-order valence-corrected chi connectivity index (χ1v) is 8.38. The van der Waals surface area contributed by atoms with Crippen molar-refractivity contribution in [3.63, 3.8) is 0 Å². The second kappa shape index (κ2) is 6.96. The van der Waals surface area contributed by atoms with Gasteiger partial charge in [0.25, 0.3) is 5.91 Å². The molecule has 26 heavy (non-hydrogen) atoms. The van der Waals surface area contributed by atoms with Crippen LogP contribution in [0.3, 0.4) is 0 Å². The fourth-order valence-electron chi connectivity index (χ4n) is 3.25. The lowest BCUT2D eigenvalue weighted by atomic mass is 10.00. The Morgan fingerprint density at radius 1 is 1.12 bits per heavy atom. The molecule has 0 saturated heterocycles. The molecule has 0 bridgehead atoms. The summed E-state index contributed by atoms with van der Waals surface area (Å²) < 4.78 is 1.80. The summed E-state index contributed by atoms with van der Waals surface area (Å²) in [7, 11) is 1.82. The summed E-state index contributed by atoms with van der Waals surface area (Å²) in [6.45, 7) is 3.54. The number of nitrogens with two attached hydrogens (primary N) is 1. The highest BCUT2D eigenvalue weighted by Crippen LogP contribution is 2.33. The number of aryl methyl sites for hydroxylation is 1. The number of aromatic nitrogens is 2. The van der Waals surface area contributed by atoms with Gasteiger partial charge in [-0.05, 0) is 43.2 Å². The highest BCUT2D eigenvalue weighted by Gasteiger charge is 2.20. The van der Waals surface area contributed by atoms with Crippen molar-refractivity contribution in [2.75, 3.05) is 0 Å². The van der Waals surface area contributed by atoms with Crippen molar-refractivity contribution < 1.29 is 9.59 Å². The van der Waals surface area contributed by atoms with E-state index in [-0.39, 0.29) is 12.2 Å². The van der Waals surface area contributed by atoms with Crippen LogP contribution in [0.1, 0.15) is 28.7 Å². The van der Waals surface area contributed by atoms with Crippen molar-refractivity contribution in [1.82, 2.24) is 9.55 Å². The number of nitrogens with zero attached hydrogens (tertiary/aromatic N) is 2. The van der Waals surface area contributed by atoms with E-state index >= 15 is 0 Å². The van der Waals surface area contributed by atoms with Gasteiger partial charge < -0.3 is 10.3 Å². The van der Waals surface area contributed by atoms with Gasteiger partial charge >= 0.3 is 0 Å². The quantitative estimate of drug-likeness (QED) is 0.769. The van der Waals surface area contributed by atoms with Gasteiger partial charge in [0.05, 0.1) is 0 Å². The average Bonchev–Trinajstić information content (AvgIpc) is 2.92. The van der Waals surface area contributed by atoms with E-state index in [1.165, 1.54) is 0 Å². The van der Waals surface area contributed by atoms with Crippen molar-refractivity contribution in [2.45, 2.75) is 20.3 Å². The molecule has 1 aromatic carbocycles. The van der Waals surface area contributed by atoms with Gasteiger partial charge in [-0.15, -0.1) is 0 Å². The largest absolute Gasteiger partial charge is 0.364 e. The van der Waals surface area contributed by atoms with Gasteiger partial charge in [0.2, 0.25) is 0 Å². The van der Waals surface area contributed by atoms with E-state index in [0.29, 0.717) is 11.4 Å². The van der Waals surface area contributed by atoms with Crippen LogP contribution in [0.5, 0.6) is 0 Å². The lowest BCUT2D eigenvalue weighted by Gasteiger charge is -2.08. The molecule has 0 aliphatic carbocycles. The number of pyridine rings is 1. The molecule has 0 fully saturated rings. The number of primary amides is 1. The highest BCUT2D eigenvalue weighted by atomic mass is 16.1. The zero-order valence-corrected chi connectivity index (χ0v) is 15.1. The Kier molecular flexibility index (Phi) is 4.71. The Bertz CT molecular complexity index is 1000. The van der Waals surface area contributed by atoms with Crippen LogP contribution in [0.25, 0.3) is 22.4 Å². The summed E-state index contributed by atoms with van der Waals surface area (Å²) in [6, 6.07) is 13.6. The minimum atomic E-state index is -0.477. The molecule has 132 valence electrons. The molecule has 0 aliphatic heterocycles. The first-order valence-electron chi connectivity index (χ1n) is 8.38. The SMILES string of the molecule is CC(=O)Cc1cc(-c2cc(-c3ccccc3C)c(C(N)=O)n2C)ccn1. The number of carbonyl (C=O) groups is 2. The number of hydrogen-bond acceptors (Lipinski definition) is 3. The van der Waals surface area contributed by atoms with E-state index in [1.807, 2.05) is 56.4 Å². The topological polar surface area (TPSA) is 78.0 Å². The number of amides is 1. The molecular weight excluding hydrogens is 326 g/mol. The molecule has 1 amide bonds. The van der Waals surface area contributed by atoms with Crippen LogP contribution in [0, 0.1) is 6.92 Å². The number of Topliss-reactive ketones (excluding diaryl/α,β-unsaturated/α-hetero) is 1. The van der Waals surface area contributed by atoms with Crippen molar-refractivity contribution in [3.05, 3.63) is 65.6 Å². The van der Waals surface area contributed by atoms with Crippen LogP contribution in [0.2, 0.25) is 0 Å². The van der Waals surface area contributed by atoms with Crippen molar-refractivity contribution in [3.8, 4) is 22.4 Å². The van der Waals surface area contributed by atoms with Crippen LogP contribution in [0.4, 0.5) is 0 Å². The van der Waals surface area contributed by atoms with E-state index in [4.69, 9.17) is 5.73 Å². The fraction of sp³-hybridized carbons (Fsp3) is 0.190. The molecule has 3 aromatic rings. The van der Waals surface area contributed by atoms with Crippen molar-refractivity contribution in [2.24, 2.45) is 12.8 Å². The second-order valence-electron chi connectivity index (χ2n) is 6.44. The summed E-state index contributed by atoms with van der Waals surface area (Å²) in [5.74, 6) is -0.421. The van der Waals surface area contributed by atoms with Crippen LogP contribution >= 0.6 is 0 Å². The molecular formula is C21H21N3O2. The highest BCUT2D eigenvalue weighted by molar-refractivity contribution is 6.00.